The summed E-state index contributed by atoms with van der Waals surface area (Å²) in [6.07, 6.45) is -8.49. The molecule has 1 saturated heterocycles. The first-order valence-electron chi connectivity index (χ1n) is 14.6. The number of fused-ring (bicyclic) bond motifs is 3. The fourth-order valence-corrected chi connectivity index (χ4v) is 5.47. The van der Waals surface area contributed by atoms with E-state index in [0.29, 0.717) is 0 Å². The Kier molecular flexibility index (Phi) is 11.5. The van der Waals surface area contributed by atoms with E-state index in [0.717, 1.165) is 49.9 Å². The zero-order valence-electron chi connectivity index (χ0n) is 26.0. The Morgan fingerprint density at radius 2 is 1.26 bits per heavy atom. The van der Waals surface area contributed by atoms with Crippen LogP contribution in [0.2, 0.25) is 0 Å². The van der Waals surface area contributed by atoms with Crippen LogP contribution in [0.5, 0.6) is 0 Å². The van der Waals surface area contributed by atoms with Crippen LogP contribution in [-0.2, 0) is 57.1 Å². The maximum Gasteiger partial charge on any atom is 0.407 e. The Morgan fingerprint density at radius 1 is 0.723 bits per heavy atom. The molecule has 2 aliphatic rings. The summed E-state index contributed by atoms with van der Waals surface area (Å²) in [5, 5.41) is 12.1. The van der Waals surface area contributed by atoms with Crippen molar-refractivity contribution in [1.29, 1.82) is 0 Å². The summed E-state index contributed by atoms with van der Waals surface area (Å²) in [5.74, 6) is -5.01. The number of hydrogen-bond donors (Lipinski definition) is 2. The molecule has 1 aliphatic heterocycles. The van der Waals surface area contributed by atoms with E-state index in [1.54, 1.807) is 0 Å². The molecule has 252 valence electrons. The lowest BCUT2D eigenvalue weighted by molar-refractivity contribution is -0.308. The molecule has 6 atom stereocenters. The van der Waals surface area contributed by atoms with Gasteiger partial charge in [-0.05, 0) is 22.3 Å². The largest absolute Gasteiger partial charge is 0.480 e. The molecule has 1 aliphatic carbocycles. The van der Waals surface area contributed by atoms with Crippen molar-refractivity contribution in [1.82, 2.24) is 5.32 Å². The molecule has 2 aromatic carbocycles. The number of ether oxygens (including phenoxy) is 7. The molecule has 1 amide bonds. The first-order chi connectivity index (χ1) is 22.3. The molecule has 47 heavy (non-hydrogen) atoms. The van der Waals surface area contributed by atoms with Crippen LogP contribution in [0.1, 0.15) is 44.7 Å². The van der Waals surface area contributed by atoms with Crippen molar-refractivity contribution in [3.05, 3.63) is 59.7 Å². The summed E-state index contributed by atoms with van der Waals surface area (Å²) in [7, 11) is 0. The quantitative estimate of drug-likeness (QED) is 0.248. The molecule has 2 aromatic rings. The van der Waals surface area contributed by atoms with Gasteiger partial charge in [-0.25, -0.2) is 9.59 Å². The van der Waals surface area contributed by atoms with Crippen molar-refractivity contribution in [2.75, 3.05) is 19.8 Å². The Hall–Kier alpha value is -5.02. The minimum Gasteiger partial charge on any atom is -0.480 e. The van der Waals surface area contributed by atoms with E-state index in [1.807, 2.05) is 48.5 Å². The number of amides is 1. The lowest BCUT2D eigenvalue weighted by Gasteiger charge is -2.44. The minimum absolute atomic E-state index is 0.0766. The van der Waals surface area contributed by atoms with Crippen LogP contribution in [0.15, 0.2) is 48.5 Å². The monoisotopic (exact) mass is 657 g/mol. The van der Waals surface area contributed by atoms with Gasteiger partial charge in [0.15, 0.2) is 30.6 Å². The van der Waals surface area contributed by atoms with E-state index in [9.17, 15) is 33.9 Å². The van der Waals surface area contributed by atoms with Gasteiger partial charge >= 0.3 is 35.9 Å². The van der Waals surface area contributed by atoms with Crippen LogP contribution in [0.25, 0.3) is 11.1 Å². The Balaban J connectivity index is 1.48. The Morgan fingerprint density at radius 3 is 1.79 bits per heavy atom. The number of hydrogen-bond acceptors (Lipinski definition) is 13. The van der Waals surface area contributed by atoms with Gasteiger partial charge in [0.1, 0.15) is 19.3 Å². The molecular weight excluding hydrogens is 622 g/mol. The average molecular weight is 658 g/mol. The summed E-state index contributed by atoms with van der Waals surface area (Å²) < 4.78 is 37.9. The van der Waals surface area contributed by atoms with Gasteiger partial charge < -0.3 is 43.6 Å². The van der Waals surface area contributed by atoms with Gasteiger partial charge in [-0.3, -0.25) is 19.2 Å². The van der Waals surface area contributed by atoms with Crippen LogP contribution < -0.4 is 5.32 Å². The minimum atomic E-state index is -1.68. The van der Waals surface area contributed by atoms with Gasteiger partial charge in [0.25, 0.3) is 0 Å². The van der Waals surface area contributed by atoms with Crippen molar-refractivity contribution in [2.45, 2.75) is 70.4 Å². The van der Waals surface area contributed by atoms with E-state index >= 15 is 0 Å². The van der Waals surface area contributed by atoms with Gasteiger partial charge in [-0.15, -0.1) is 0 Å². The average Bonchev–Trinajstić information content (AvgIpc) is 3.32. The third-order valence-electron chi connectivity index (χ3n) is 7.31. The molecule has 0 saturated carbocycles. The summed E-state index contributed by atoms with van der Waals surface area (Å²) in [4.78, 5) is 72.4. The number of rotatable bonds is 12. The molecule has 1 fully saturated rings. The predicted octanol–water partition coefficient (Wildman–Crippen LogP) is 2.08. The molecule has 0 radical (unpaired) electrons. The number of aliphatic carboxylic acids is 1. The van der Waals surface area contributed by atoms with Crippen molar-refractivity contribution in [2.24, 2.45) is 0 Å². The van der Waals surface area contributed by atoms with Crippen molar-refractivity contribution in [3.8, 4) is 11.1 Å². The zero-order chi connectivity index (χ0) is 34.2. The zero-order valence-corrected chi connectivity index (χ0v) is 26.0. The number of alkyl carbamates (subject to hydrolysis) is 1. The second-order valence-corrected chi connectivity index (χ2v) is 10.8. The molecular formula is C32H35NO14. The van der Waals surface area contributed by atoms with Crippen LogP contribution in [0.4, 0.5) is 4.79 Å². The molecule has 4 rings (SSSR count). The van der Waals surface area contributed by atoms with Crippen LogP contribution >= 0.6 is 0 Å². The van der Waals surface area contributed by atoms with Gasteiger partial charge in [-0.2, -0.15) is 0 Å². The number of carbonyl (C=O) groups excluding carboxylic acids is 5. The van der Waals surface area contributed by atoms with Crippen LogP contribution in [-0.4, -0.2) is 97.6 Å². The fraction of sp³-hybridized carbons (Fsp3) is 0.438. The highest BCUT2D eigenvalue weighted by atomic mass is 16.7. The third kappa shape index (κ3) is 8.83. The molecule has 0 bridgehead atoms. The Labute approximate surface area is 269 Å². The highest BCUT2D eigenvalue weighted by molar-refractivity contribution is 5.81. The standard InChI is InChI=1S/C32H35NO14/c1-16(34)41-15-26-27(44-17(2)35)28(45-18(3)36)29(46-19(4)37)31(47-26)42-14-25(30(38)39)33-32(40)43-13-24-22-11-7-5-9-20(22)21-10-6-8-12-23(21)24/h5-12,24-29,31H,13-15H2,1-4H3,(H,33,40)(H,38,39)/t25-,26?,27?,28?,29?,31?/m0/s1. The fourth-order valence-electron chi connectivity index (χ4n) is 5.47. The van der Waals surface area contributed by atoms with E-state index < -0.39 is 85.9 Å². The van der Waals surface area contributed by atoms with E-state index in [1.165, 1.54) is 0 Å². The van der Waals surface area contributed by atoms with Gasteiger partial charge in [0, 0.05) is 33.6 Å². The van der Waals surface area contributed by atoms with E-state index in [2.05, 4.69) is 5.32 Å². The topological polar surface area (TPSA) is 199 Å². The number of benzene rings is 2. The van der Waals surface area contributed by atoms with Gasteiger partial charge in [0.2, 0.25) is 0 Å². The molecule has 0 aromatic heterocycles. The van der Waals surface area contributed by atoms with Crippen molar-refractivity contribution >= 4 is 35.9 Å². The lowest BCUT2D eigenvalue weighted by atomic mass is 9.98. The number of esters is 4. The second kappa shape index (κ2) is 15.5. The van der Waals surface area contributed by atoms with Crippen molar-refractivity contribution in [3.63, 3.8) is 0 Å². The van der Waals surface area contributed by atoms with E-state index in [4.69, 9.17) is 33.2 Å². The molecule has 0 spiro atoms. The molecule has 15 nitrogen and oxygen atoms in total. The normalized spacial score (nSPS) is 22.1. The second-order valence-electron chi connectivity index (χ2n) is 10.8. The molecule has 2 N–H and O–H groups in total. The summed E-state index contributed by atoms with van der Waals surface area (Å²) in [5.41, 5.74) is 3.95. The maximum absolute atomic E-state index is 12.8. The van der Waals surface area contributed by atoms with E-state index in [-0.39, 0.29) is 12.5 Å². The number of carboxylic acid groups (broad SMARTS) is 1. The predicted molar refractivity (Wildman–Crippen MR) is 158 cm³/mol. The van der Waals surface area contributed by atoms with Crippen LogP contribution in [0.3, 0.4) is 0 Å². The summed E-state index contributed by atoms with van der Waals surface area (Å²) >= 11 is 0. The molecule has 15 heteroatoms. The SMILES string of the molecule is CC(=O)OCC1OC(OC[C@H](NC(=O)OCC2c3ccccc3-c3ccccc32)C(=O)O)C(OC(C)=O)C(OC(C)=O)C1OC(C)=O. The van der Waals surface area contributed by atoms with Gasteiger partial charge in [-0.1, -0.05) is 48.5 Å². The highest BCUT2D eigenvalue weighted by Gasteiger charge is 2.53. The molecule has 5 unspecified atom stereocenters. The lowest BCUT2D eigenvalue weighted by Crippen LogP contribution is -2.63. The van der Waals surface area contributed by atoms with Gasteiger partial charge in [0.05, 0.1) is 6.61 Å². The summed E-state index contributed by atoms with van der Waals surface area (Å²) in [6, 6.07) is 13.7. The first kappa shape index (κ1) is 34.8. The summed E-state index contributed by atoms with van der Waals surface area (Å²) in [6.45, 7) is 2.98. The smallest absolute Gasteiger partial charge is 0.407 e. The first-order valence-corrected chi connectivity index (χ1v) is 14.6. The highest BCUT2D eigenvalue weighted by Crippen LogP contribution is 2.44. The number of nitrogens with one attached hydrogen (secondary N) is 1. The maximum atomic E-state index is 12.8. The third-order valence-corrected chi connectivity index (χ3v) is 7.31. The van der Waals surface area contributed by atoms with Crippen molar-refractivity contribution < 1.29 is 67.0 Å². The Bertz CT molecular complexity index is 1460. The molecule has 1 heterocycles. The van der Waals surface area contributed by atoms with Crippen LogP contribution in [0, 0.1) is 0 Å². The number of carbonyl (C=O) groups is 6. The number of carboxylic acids is 1.